The van der Waals surface area contributed by atoms with Crippen LogP contribution in [0.4, 0.5) is 13.2 Å². The van der Waals surface area contributed by atoms with Crippen molar-refractivity contribution in [3.63, 3.8) is 0 Å². The highest BCUT2D eigenvalue weighted by Crippen LogP contribution is 2.30. The largest absolute Gasteiger partial charge is 0.478 e. The quantitative estimate of drug-likeness (QED) is 0.781. The molecular weight excluding hydrogens is 343 g/mol. The van der Waals surface area contributed by atoms with Gasteiger partial charge in [0.2, 0.25) is 11.2 Å². The standard InChI is InChI=1S/C6H2ClF3N2O2.C6H11NO2/c7-5-11-1-2(4(13)14)3(12-5)6(8,9)10;7-6(8)5-1-3-9-4-2-5/h1H,(H,13,14);5H,1-4H2,(H2,7,8). The molecular formula is C12H13ClF3N3O4. The van der Waals surface area contributed by atoms with E-state index in [0.717, 1.165) is 12.8 Å². The molecule has 1 fully saturated rings. The summed E-state index contributed by atoms with van der Waals surface area (Å²) < 4.78 is 41.6. The van der Waals surface area contributed by atoms with E-state index in [0.29, 0.717) is 19.4 Å². The van der Waals surface area contributed by atoms with Gasteiger partial charge in [0.25, 0.3) is 0 Å². The number of hydrogen-bond acceptors (Lipinski definition) is 5. The van der Waals surface area contributed by atoms with E-state index in [1.807, 2.05) is 0 Å². The highest BCUT2D eigenvalue weighted by atomic mass is 35.5. The molecule has 0 radical (unpaired) electrons. The third-order valence-electron chi connectivity index (χ3n) is 2.88. The van der Waals surface area contributed by atoms with Crippen LogP contribution in [-0.2, 0) is 15.7 Å². The highest BCUT2D eigenvalue weighted by molar-refractivity contribution is 6.28. The predicted octanol–water partition coefficient (Wildman–Crippen LogP) is 1.75. The molecule has 1 aromatic heterocycles. The first-order chi connectivity index (χ1) is 10.6. The van der Waals surface area contributed by atoms with Gasteiger partial charge in [-0.3, -0.25) is 4.79 Å². The Hall–Kier alpha value is -1.94. The molecule has 0 saturated carbocycles. The fourth-order valence-electron chi connectivity index (χ4n) is 1.72. The fraction of sp³-hybridized carbons (Fsp3) is 0.500. The minimum atomic E-state index is -4.86. The maximum atomic E-state index is 12.2. The normalized spacial score (nSPS) is 15.5. The van der Waals surface area contributed by atoms with E-state index in [1.165, 1.54) is 0 Å². The van der Waals surface area contributed by atoms with Crippen molar-refractivity contribution in [2.75, 3.05) is 13.2 Å². The number of nitrogens with two attached hydrogens (primary N) is 1. The summed E-state index contributed by atoms with van der Waals surface area (Å²) in [7, 11) is 0. The van der Waals surface area contributed by atoms with Gasteiger partial charge in [-0.05, 0) is 24.4 Å². The number of aromatic carboxylic acids is 1. The molecule has 0 atom stereocenters. The maximum absolute atomic E-state index is 12.2. The first kappa shape index (κ1) is 19.1. The summed E-state index contributed by atoms with van der Waals surface area (Å²) in [4.78, 5) is 26.8. The van der Waals surface area contributed by atoms with Crippen molar-refractivity contribution in [2.45, 2.75) is 19.0 Å². The van der Waals surface area contributed by atoms with Crippen LogP contribution in [0.1, 0.15) is 28.9 Å². The Bertz CT molecular complexity index is 577. The molecule has 0 aliphatic carbocycles. The number of carbonyl (C=O) groups is 2. The molecule has 0 bridgehead atoms. The second kappa shape index (κ2) is 8.06. The van der Waals surface area contributed by atoms with Crippen LogP contribution in [0.2, 0.25) is 5.28 Å². The van der Waals surface area contributed by atoms with Crippen LogP contribution >= 0.6 is 11.6 Å². The van der Waals surface area contributed by atoms with Crippen LogP contribution in [-0.4, -0.2) is 40.2 Å². The van der Waals surface area contributed by atoms with Gasteiger partial charge in [-0.25, -0.2) is 14.8 Å². The number of halogens is 4. The van der Waals surface area contributed by atoms with E-state index in [2.05, 4.69) is 9.97 Å². The Kier molecular flexibility index (Phi) is 6.70. The molecule has 1 aliphatic rings. The van der Waals surface area contributed by atoms with Gasteiger partial charge in [0.05, 0.1) is 0 Å². The van der Waals surface area contributed by atoms with Crippen LogP contribution in [0.5, 0.6) is 0 Å². The molecule has 23 heavy (non-hydrogen) atoms. The van der Waals surface area contributed by atoms with Gasteiger partial charge in [-0.15, -0.1) is 0 Å². The molecule has 3 N–H and O–H groups in total. The molecule has 1 aromatic rings. The minimum Gasteiger partial charge on any atom is -0.478 e. The lowest BCUT2D eigenvalue weighted by Crippen LogP contribution is -2.28. The van der Waals surface area contributed by atoms with E-state index in [-0.39, 0.29) is 11.8 Å². The Morgan fingerprint density at radius 2 is 1.91 bits per heavy atom. The van der Waals surface area contributed by atoms with E-state index < -0.39 is 28.7 Å². The number of carboxylic acid groups (broad SMARTS) is 1. The van der Waals surface area contributed by atoms with Crippen LogP contribution in [0.25, 0.3) is 0 Å². The summed E-state index contributed by atoms with van der Waals surface area (Å²) >= 11 is 5.11. The molecule has 1 aliphatic heterocycles. The number of nitrogens with zero attached hydrogens (tertiary/aromatic N) is 2. The average Bonchev–Trinajstić information content (AvgIpc) is 2.47. The number of aromatic nitrogens is 2. The van der Waals surface area contributed by atoms with Gasteiger partial charge in [-0.1, -0.05) is 0 Å². The Morgan fingerprint density at radius 3 is 2.30 bits per heavy atom. The number of carbonyl (C=O) groups excluding carboxylic acids is 1. The summed E-state index contributed by atoms with van der Waals surface area (Å²) in [5.74, 6) is -1.87. The van der Waals surface area contributed by atoms with Crippen molar-refractivity contribution >= 4 is 23.5 Å². The zero-order valence-corrected chi connectivity index (χ0v) is 12.4. The number of carboxylic acids is 1. The van der Waals surface area contributed by atoms with Gasteiger partial charge < -0.3 is 15.6 Å². The Balaban J connectivity index is 0.000000253. The van der Waals surface area contributed by atoms with E-state index in [4.69, 9.17) is 27.2 Å². The number of primary amides is 1. The van der Waals surface area contributed by atoms with Crippen molar-refractivity contribution in [1.82, 2.24) is 9.97 Å². The number of ether oxygens (including phenoxy) is 1. The first-order valence-electron chi connectivity index (χ1n) is 6.33. The molecule has 1 amide bonds. The molecule has 11 heteroatoms. The monoisotopic (exact) mass is 355 g/mol. The van der Waals surface area contributed by atoms with Crippen molar-refractivity contribution in [3.8, 4) is 0 Å². The van der Waals surface area contributed by atoms with Crippen molar-refractivity contribution in [3.05, 3.63) is 22.7 Å². The molecule has 2 heterocycles. The van der Waals surface area contributed by atoms with E-state index >= 15 is 0 Å². The second-order valence-corrected chi connectivity index (χ2v) is 4.83. The van der Waals surface area contributed by atoms with Crippen molar-refractivity contribution < 1.29 is 32.6 Å². The summed E-state index contributed by atoms with van der Waals surface area (Å²) in [6.07, 6.45) is -2.74. The van der Waals surface area contributed by atoms with Gasteiger partial charge in [-0.2, -0.15) is 13.2 Å². The Morgan fingerprint density at radius 1 is 1.35 bits per heavy atom. The van der Waals surface area contributed by atoms with Crippen LogP contribution in [0.15, 0.2) is 6.20 Å². The van der Waals surface area contributed by atoms with Gasteiger partial charge >= 0.3 is 12.1 Å². The van der Waals surface area contributed by atoms with Crippen molar-refractivity contribution in [1.29, 1.82) is 0 Å². The van der Waals surface area contributed by atoms with E-state index in [9.17, 15) is 22.8 Å². The zero-order valence-electron chi connectivity index (χ0n) is 11.6. The number of hydrogen-bond donors (Lipinski definition) is 2. The van der Waals surface area contributed by atoms with E-state index in [1.54, 1.807) is 0 Å². The Labute approximate surface area is 133 Å². The minimum absolute atomic E-state index is 0.0683. The molecule has 7 nitrogen and oxygen atoms in total. The van der Waals surface area contributed by atoms with Gasteiger partial charge in [0.1, 0.15) is 5.56 Å². The molecule has 1 saturated heterocycles. The third kappa shape index (κ3) is 5.99. The maximum Gasteiger partial charge on any atom is 0.434 e. The molecule has 128 valence electrons. The fourth-order valence-corrected chi connectivity index (χ4v) is 1.85. The summed E-state index contributed by atoms with van der Waals surface area (Å²) in [6, 6.07) is 0. The number of alkyl halides is 3. The van der Waals surface area contributed by atoms with Gasteiger partial charge in [0.15, 0.2) is 5.69 Å². The lowest BCUT2D eigenvalue weighted by Gasteiger charge is -2.18. The van der Waals surface area contributed by atoms with Crippen LogP contribution < -0.4 is 5.73 Å². The highest BCUT2D eigenvalue weighted by Gasteiger charge is 2.38. The van der Waals surface area contributed by atoms with Gasteiger partial charge in [0, 0.05) is 25.3 Å². The summed E-state index contributed by atoms with van der Waals surface area (Å²) in [5.41, 5.74) is 2.50. The lowest BCUT2D eigenvalue weighted by atomic mass is 10.0. The molecule has 0 aromatic carbocycles. The molecule has 2 rings (SSSR count). The third-order valence-corrected chi connectivity index (χ3v) is 3.06. The summed E-state index contributed by atoms with van der Waals surface area (Å²) in [6.45, 7) is 1.38. The summed E-state index contributed by atoms with van der Waals surface area (Å²) in [5, 5.41) is 7.75. The lowest BCUT2D eigenvalue weighted by molar-refractivity contribution is -0.141. The van der Waals surface area contributed by atoms with Crippen molar-refractivity contribution in [2.24, 2.45) is 11.7 Å². The average molecular weight is 356 g/mol. The number of rotatable bonds is 2. The molecule has 0 spiro atoms. The SMILES string of the molecule is NC(=O)C1CCOCC1.O=C(O)c1cnc(Cl)nc1C(F)(F)F. The topological polar surface area (TPSA) is 115 Å². The second-order valence-electron chi connectivity index (χ2n) is 4.49. The van der Waals surface area contributed by atoms with Crippen LogP contribution in [0.3, 0.4) is 0 Å². The van der Waals surface area contributed by atoms with Crippen LogP contribution in [0, 0.1) is 5.92 Å². The predicted molar refractivity (Wildman–Crippen MR) is 71.7 cm³/mol. The first-order valence-corrected chi connectivity index (χ1v) is 6.70. The number of amides is 1. The zero-order chi connectivity index (χ0) is 17.6. The molecule has 0 unspecified atom stereocenters. The smallest absolute Gasteiger partial charge is 0.434 e.